The first-order valence-electron chi connectivity index (χ1n) is 1.34. The highest BCUT2D eigenvalue weighted by Crippen LogP contribution is 2.34. The summed E-state index contributed by atoms with van der Waals surface area (Å²) in [5, 5.41) is 9.23. The molecule has 0 fully saturated rings. The van der Waals surface area contributed by atoms with Gasteiger partial charge in [0.1, 0.15) is 0 Å². The van der Waals surface area contributed by atoms with Crippen molar-refractivity contribution in [3.8, 4) is 0 Å². The predicted octanol–water partition coefficient (Wildman–Crippen LogP) is -0.516. The molecule has 6 heteroatoms. The van der Waals surface area contributed by atoms with Crippen molar-refractivity contribution in [1.82, 2.24) is 0 Å². The van der Waals surface area contributed by atoms with E-state index in [1.807, 2.05) is 0 Å². The lowest BCUT2D eigenvalue weighted by atomic mass is 11.6. The van der Waals surface area contributed by atoms with Crippen LogP contribution in [0.3, 0.4) is 0 Å². The van der Waals surface area contributed by atoms with E-state index in [1.165, 1.54) is 0 Å². The van der Waals surface area contributed by atoms with Crippen LogP contribution in [0.5, 0.6) is 0 Å². The maximum Gasteiger partial charge on any atom is 0.471 e. The quantitative estimate of drug-likeness (QED) is 0.386. The fraction of sp³-hybridized carbons (Fsp3) is 1.00. The minimum Gasteiger partial charge on any atom is -0.303 e. The molecule has 7 heavy (non-hydrogen) atoms. The Balaban J connectivity index is 3.36. The summed E-state index contributed by atoms with van der Waals surface area (Å²) in [6.45, 7) is -1.20. The highest BCUT2D eigenvalue weighted by atomic mass is 31.2. The summed E-state index contributed by atoms with van der Waals surface area (Å²) in [5.74, 6) is 0. The van der Waals surface area contributed by atoms with Gasteiger partial charge in [0.05, 0.1) is 0 Å². The lowest BCUT2D eigenvalue weighted by molar-refractivity contribution is 0.0160. The molecular weight excluding hydrogens is 123 g/mol. The molecule has 0 rings (SSSR count). The van der Waals surface area contributed by atoms with E-state index >= 15 is 0 Å². The molecule has 0 saturated heterocycles. The summed E-state index contributed by atoms with van der Waals surface area (Å²) in [7, 11) is -4.48. The molecule has 0 bridgehead atoms. The molecule has 0 aromatic carbocycles. The van der Waals surface area contributed by atoms with Crippen molar-refractivity contribution < 1.29 is 24.0 Å². The second kappa shape index (κ2) is 2.40. The van der Waals surface area contributed by atoms with Gasteiger partial charge in [-0.2, -0.15) is 0 Å². The molecule has 0 unspecified atom stereocenters. The molecule has 5 nitrogen and oxygen atoms in total. The third-order valence-corrected chi connectivity index (χ3v) is 0.663. The average molecular weight is 127 g/mol. The Hall–Kier alpha value is 0.0700. The van der Waals surface area contributed by atoms with Crippen LogP contribution in [0, 0.1) is 0 Å². The molecule has 0 saturated carbocycles. The van der Waals surface area contributed by atoms with Crippen LogP contribution in [0.25, 0.3) is 0 Å². The molecular formula is CH4O5P. The highest BCUT2D eigenvalue weighted by molar-refractivity contribution is 7.46. The van der Waals surface area contributed by atoms with E-state index in [9.17, 15) is 9.67 Å². The summed E-state index contributed by atoms with van der Waals surface area (Å²) >= 11 is 0. The van der Waals surface area contributed by atoms with Gasteiger partial charge < -0.3 is 9.79 Å². The van der Waals surface area contributed by atoms with E-state index < -0.39 is 14.6 Å². The lowest BCUT2D eigenvalue weighted by Crippen LogP contribution is -1.86. The zero-order valence-electron chi connectivity index (χ0n) is 3.27. The van der Waals surface area contributed by atoms with Crippen molar-refractivity contribution in [2.45, 2.75) is 0 Å². The summed E-state index contributed by atoms with van der Waals surface area (Å²) in [6.07, 6.45) is 0. The zero-order chi connectivity index (χ0) is 5.91. The second-order valence-electron chi connectivity index (χ2n) is 0.738. The number of hydrogen-bond acceptors (Lipinski definition) is 2. The first kappa shape index (κ1) is 7.07. The van der Waals surface area contributed by atoms with Gasteiger partial charge >= 0.3 is 7.82 Å². The lowest BCUT2D eigenvalue weighted by Gasteiger charge is -1.96. The molecule has 0 atom stereocenters. The normalized spacial score (nSPS) is 11.9. The molecule has 0 aromatic heterocycles. The van der Waals surface area contributed by atoms with Crippen LogP contribution in [0.2, 0.25) is 0 Å². The Kier molecular flexibility index (Phi) is 2.42. The Bertz CT molecular complexity index is 82.1. The third-order valence-electron chi connectivity index (χ3n) is 0.221. The minimum absolute atomic E-state index is 1.20. The number of phosphoric ester groups is 1. The van der Waals surface area contributed by atoms with Crippen molar-refractivity contribution >= 4 is 7.82 Å². The van der Waals surface area contributed by atoms with Crippen molar-refractivity contribution in [2.24, 2.45) is 0 Å². The van der Waals surface area contributed by atoms with Gasteiger partial charge in [-0.25, -0.2) is 9.67 Å². The number of hydrogen-bond donors (Lipinski definition) is 2. The molecule has 0 amide bonds. The van der Waals surface area contributed by atoms with Gasteiger partial charge in [-0.15, -0.1) is 0 Å². The molecule has 2 N–H and O–H groups in total. The van der Waals surface area contributed by atoms with Crippen LogP contribution in [0.15, 0.2) is 0 Å². The van der Waals surface area contributed by atoms with Gasteiger partial charge in [-0.1, -0.05) is 0 Å². The molecule has 0 aliphatic carbocycles. The van der Waals surface area contributed by atoms with Crippen molar-refractivity contribution in [2.75, 3.05) is 6.79 Å². The first-order valence-corrected chi connectivity index (χ1v) is 2.87. The van der Waals surface area contributed by atoms with Crippen LogP contribution >= 0.6 is 7.82 Å². The van der Waals surface area contributed by atoms with Crippen LogP contribution < -0.4 is 0 Å². The molecule has 0 aromatic rings. The van der Waals surface area contributed by atoms with E-state index in [0.717, 1.165) is 0 Å². The minimum atomic E-state index is -4.48. The monoisotopic (exact) mass is 127 g/mol. The molecule has 0 heterocycles. The van der Waals surface area contributed by atoms with E-state index in [-0.39, 0.29) is 0 Å². The molecule has 1 radical (unpaired) electrons. The van der Waals surface area contributed by atoms with E-state index in [4.69, 9.17) is 9.79 Å². The second-order valence-corrected chi connectivity index (χ2v) is 1.98. The van der Waals surface area contributed by atoms with Crippen molar-refractivity contribution in [3.05, 3.63) is 0 Å². The average Bonchev–Trinajstić information content (AvgIpc) is 1.30. The summed E-state index contributed by atoms with van der Waals surface area (Å²) in [4.78, 5) is 15.4. The van der Waals surface area contributed by atoms with Crippen molar-refractivity contribution in [3.63, 3.8) is 0 Å². The fourth-order valence-electron chi connectivity index (χ4n) is 0.0687. The maximum absolute atomic E-state index is 9.50. The van der Waals surface area contributed by atoms with Crippen LogP contribution in [-0.2, 0) is 14.2 Å². The zero-order valence-corrected chi connectivity index (χ0v) is 4.17. The van der Waals surface area contributed by atoms with Gasteiger partial charge in [0.2, 0.25) is 0 Å². The topological polar surface area (TPSA) is 86.7 Å². The Morgan fingerprint density at radius 3 is 2.00 bits per heavy atom. The van der Waals surface area contributed by atoms with Crippen molar-refractivity contribution in [1.29, 1.82) is 0 Å². The Labute approximate surface area is 39.8 Å². The SMILES string of the molecule is [O]COP(=O)(O)O. The largest absolute Gasteiger partial charge is 0.471 e. The molecule has 0 spiro atoms. The Morgan fingerprint density at radius 1 is 1.57 bits per heavy atom. The smallest absolute Gasteiger partial charge is 0.303 e. The summed E-state index contributed by atoms with van der Waals surface area (Å²) < 4.78 is 12.8. The summed E-state index contributed by atoms with van der Waals surface area (Å²) in [6, 6.07) is 0. The maximum atomic E-state index is 9.50. The Morgan fingerprint density at radius 2 is 2.00 bits per heavy atom. The van der Waals surface area contributed by atoms with Crippen LogP contribution in [0.1, 0.15) is 0 Å². The third kappa shape index (κ3) is 6.07. The molecule has 43 valence electrons. The number of phosphoric acid groups is 1. The predicted molar refractivity (Wildman–Crippen MR) is 18.7 cm³/mol. The van der Waals surface area contributed by atoms with Crippen LogP contribution in [0.4, 0.5) is 0 Å². The molecule has 0 aliphatic heterocycles. The van der Waals surface area contributed by atoms with E-state index in [2.05, 4.69) is 4.52 Å². The van der Waals surface area contributed by atoms with Gasteiger partial charge in [0, 0.05) is 0 Å². The highest BCUT2D eigenvalue weighted by Gasteiger charge is 2.11. The molecule has 0 aliphatic rings. The van der Waals surface area contributed by atoms with Gasteiger partial charge in [0.15, 0.2) is 6.79 Å². The van der Waals surface area contributed by atoms with E-state index in [1.54, 1.807) is 0 Å². The van der Waals surface area contributed by atoms with E-state index in [0.29, 0.717) is 0 Å². The van der Waals surface area contributed by atoms with Gasteiger partial charge in [-0.05, 0) is 0 Å². The number of rotatable bonds is 2. The summed E-state index contributed by atoms with van der Waals surface area (Å²) in [5.41, 5.74) is 0. The fourth-order valence-corrected chi connectivity index (χ4v) is 0.206. The standard InChI is InChI=1S/CH4O5P/c2-1-6-7(3,4)5/h1H2,(H2,3,4,5). The van der Waals surface area contributed by atoms with Crippen LogP contribution in [-0.4, -0.2) is 16.6 Å². The first-order chi connectivity index (χ1) is 3.06. The van der Waals surface area contributed by atoms with Gasteiger partial charge in [-0.3, -0.25) is 4.52 Å². The van der Waals surface area contributed by atoms with Gasteiger partial charge in [0.25, 0.3) is 0 Å².